The topological polar surface area (TPSA) is 24.2 Å². The molecule has 1 amide bonds. The van der Waals surface area contributed by atoms with Crippen molar-refractivity contribution in [1.82, 2.24) is 0 Å². The molecule has 0 N–H and O–H groups in total. The van der Waals surface area contributed by atoms with E-state index in [4.69, 9.17) is 12.2 Å². The lowest BCUT2D eigenvalue weighted by Crippen LogP contribution is -2.59. The Balaban J connectivity index is 2.36. The summed E-state index contributed by atoms with van der Waals surface area (Å²) in [6.07, 6.45) is 3.60. The van der Waals surface area contributed by atoms with Crippen LogP contribution in [-0.4, -0.2) is 16.0 Å². The lowest BCUT2D eigenvalue weighted by molar-refractivity contribution is -0.670. The third-order valence-electron chi connectivity index (χ3n) is 1.66. The van der Waals surface area contributed by atoms with Crippen LogP contribution in [0.1, 0.15) is 0 Å². The van der Waals surface area contributed by atoms with Gasteiger partial charge in [-0.15, -0.1) is 0 Å². The van der Waals surface area contributed by atoms with E-state index < -0.39 is 0 Å². The van der Waals surface area contributed by atoms with Gasteiger partial charge < -0.3 is 0 Å². The van der Waals surface area contributed by atoms with Crippen LogP contribution in [0.4, 0.5) is 0 Å². The fraction of sp³-hybridized carbons (Fsp3) is 0.125. The first kappa shape index (κ1) is 8.65. The monoisotopic (exact) mass is 211 g/mol. The molecule has 1 aromatic rings. The van der Waals surface area contributed by atoms with Gasteiger partial charge >= 0.3 is 0 Å². The van der Waals surface area contributed by atoms with Crippen LogP contribution in [0.25, 0.3) is 0 Å². The minimum absolute atomic E-state index is 0.0335. The molecule has 1 aromatic heterocycles. The molecule has 66 valence electrons. The summed E-state index contributed by atoms with van der Waals surface area (Å²) in [5, 5.41) is 1.50. The Morgan fingerprint density at radius 1 is 1.38 bits per heavy atom. The van der Waals surface area contributed by atoms with Crippen molar-refractivity contribution in [2.75, 3.05) is 10.8 Å². The normalized spacial score (nSPS) is 16.8. The van der Waals surface area contributed by atoms with Gasteiger partial charge in [-0.05, 0) is 12.2 Å². The van der Waals surface area contributed by atoms with E-state index >= 15 is 0 Å². The summed E-state index contributed by atoms with van der Waals surface area (Å²) >= 11 is 6.44. The second-order valence-corrected chi connectivity index (χ2v) is 4.12. The highest BCUT2D eigenvalue weighted by atomic mass is 32.2. The number of thiocarbonyl (C=S) groups is 1. The van der Waals surface area contributed by atoms with Gasteiger partial charge in [0.2, 0.25) is 16.7 Å². The number of amides is 1. The summed E-state index contributed by atoms with van der Waals surface area (Å²) in [4.78, 5) is 11.4. The summed E-state index contributed by atoms with van der Waals surface area (Å²) in [6, 6.07) is 5.62. The SMILES string of the molecule is O=C1CSC(=S)N1[n+]1ccccc1. The van der Waals surface area contributed by atoms with Gasteiger partial charge in [-0.2, -0.15) is 0 Å². The molecule has 3 nitrogen and oxygen atoms in total. The molecule has 0 unspecified atom stereocenters. The highest BCUT2D eigenvalue weighted by molar-refractivity contribution is 8.24. The van der Waals surface area contributed by atoms with Gasteiger partial charge in [-0.1, -0.05) is 27.5 Å². The molecule has 0 spiro atoms. The maximum atomic E-state index is 11.4. The van der Waals surface area contributed by atoms with Crippen LogP contribution in [0.3, 0.4) is 0 Å². The van der Waals surface area contributed by atoms with E-state index in [2.05, 4.69) is 0 Å². The minimum Gasteiger partial charge on any atom is -0.267 e. The maximum Gasteiger partial charge on any atom is 0.295 e. The number of carbonyl (C=O) groups excluding carboxylic acids is 1. The van der Waals surface area contributed by atoms with Gasteiger partial charge in [0.15, 0.2) is 0 Å². The standard InChI is InChI=1S/C8H7N2OS2/c11-7-6-13-8(12)10(7)9-4-2-1-3-5-9/h1-5H,6H2/q+1. The van der Waals surface area contributed by atoms with Crippen LogP contribution < -0.4 is 9.69 Å². The Morgan fingerprint density at radius 2 is 2.08 bits per heavy atom. The van der Waals surface area contributed by atoms with Crippen LogP contribution in [0.2, 0.25) is 0 Å². The predicted molar refractivity (Wildman–Crippen MR) is 54.9 cm³/mol. The Hall–Kier alpha value is -0.940. The molecular weight excluding hydrogens is 204 g/mol. The first-order chi connectivity index (χ1) is 6.29. The van der Waals surface area contributed by atoms with Gasteiger partial charge in [0.1, 0.15) is 0 Å². The van der Waals surface area contributed by atoms with Crippen LogP contribution in [0.15, 0.2) is 30.6 Å². The van der Waals surface area contributed by atoms with Gasteiger partial charge in [0.25, 0.3) is 5.91 Å². The fourth-order valence-electron chi connectivity index (χ4n) is 1.09. The van der Waals surface area contributed by atoms with Crippen molar-refractivity contribution in [2.24, 2.45) is 0 Å². The maximum absolute atomic E-state index is 11.4. The molecule has 0 aromatic carbocycles. The van der Waals surface area contributed by atoms with Crippen molar-refractivity contribution >= 4 is 34.2 Å². The molecule has 0 bridgehead atoms. The Kier molecular flexibility index (Phi) is 2.28. The smallest absolute Gasteiger partial charge is 0.267 e. The first-order valence-electron chi connectivity index (χ1n) is 3.75. The van der Waals surface area contributed by atoms with Crippen molar-refractivity contribution in [1.29, 1.82) is 0 Å². The average molecular weight is 211 g/mol. The van der Waals surface area contributed by atoms with E-state index in [1.165, 1.54) is 16.8 Å². The summed E-state index contributed by atoms with van der Waals surface area (Å²) in [5.74, 6) is 0.479. The van der Waals surface area contributed by atoms with E-state index in [0.29, 0.717) is 10.1 Å². The van der Waals surface area contributed by atoms with E-state index in [1.54, 1.807) is 17.1 Å². The quantitative estimate of drug-likeness (QED) is 0.498. The second kappa shape index (κ2) is 3.43. The average Bonchev–Trinajstić information content (AvgIpc) is 2.48. The first-order valence-corrected chi connectivity index (χ1v) is 5.15. The zero-order valence-corrected chi connectivity index (χ0v) is 8.35. The number of pyridine rings is 1. The summed E-state index contributed by atoms with van der Waals surface area (Å²) < 4.78 is 2.31. The van der Waals surface area contributed by atoms with Crippen LogP contribution in [0, 0.1) is 0 Å². The summed E-state index contributed by atoms with van der Waals surface area (Å²) in [5.41, 5.74) is 0. The molecule has 2 heterocycles. The molecule has 5 heteroatoms. The molecule has 0 aliphatic carbocycles. The summed E-state index contributed by atoms with van der Waals surface area (Å²) in [7, 11) is 0. The molecule has 1 aliphatic rings. The van der Waals surface area contributed by atoms with Crippen molar-refractivity contribution in [3.05, 3.63) is 30.6 Å². The van der Waals surface area contributed by atoms with Gasteiger partial charge in [0, 0.05) is 12.1 Å². The van der Waals surface area contributed by atoms with Gasteiger partial charge in [0.05, 0.1) is 5.75 Å². The molecule has 2 rings (SSSR count). The highest BCUT2D eigenvalue weighted by Crippen LogP contribution is 2.14. The number of nitrogens with zero attached hydrogens (tertiary/aromatic N) is 2. The summed E-state index contributed by atoms with van der Waals surface area (Å²) in [6.45, 7) is 0. The third kappa shape index (κ3) is 1.57. The van der Waals surface area contributed by atoms with Crippen molar-refractivity contribution < 1.29 is 9.47 Å². The van der Waals surface area contributed by atoms with E-state index in [-0.39, 0.29) is 5.91 Å². The van der Waals surface area contributed by atoms with Crippen molar-refractivity contribution in [3.63, 3.8) is 0 Å². The molecule has 1 aliphatic heterocycles. The zero-order valence-electron chi connectivity index (χ0n) is 6.71. The van der Waals surface area contributed by atoms with Crippen LogP contribution in [0.5, 0.6) is 0 Å². The lowest BCUT2D eigenvalue weighted by Gasteiger charge is -2.05. The van der Waals surface area contributed by atoms with E-state index in [9.17, 15) is 4.79 Å². The van der Waals surface area contributed by atoms with Crippen molar-refractivity contribution in [2.45, 2.75) is 0 Å². The minimum atomic E-state index is 0.0335. The second-order valence-electron chi connectivity index (χ2n) is 2.52. The Bertz CT molecular complexity index is 336. The number of rotatable bonds is 1. The number of carbonyl (C=O) groups is 1. The number of hydrogen-bond donors (Lipinski definition) is 0. The predicted octanol–water partition coefficient (Wildman–Crippen LogP) is 0.470. The Labute approximate surface area is 85.3 Å². The Morgan fingerprint density at radius 3 is 2.62 bits per heavy atom. The highest BCUT2D eigenvalue weighted by Gasteiger charge is 2.34. The zero-order chi connectivity index (χ0) is 9.26. The molecule has 1 fully saturated rings. The van der Waals surface area contributed by atoms with E-state index in [1.807, 2.05) is 18.2 Å². The van der Waals surface area contributed by atoms with Crippen molar-refractivity contribution in [3.8, 4) is 0 Å². The molecule has 13 heavy (non-hydrogen) atoms. The lowest BCUT2D eigenvalue weighted by atomic mass is 10.5. The van der Waals surface area contributed by atoms with Gasteiger partial charge in [-0.3, -0.25) is 4.79 Å². The molecule has 0 radical (unpaired) electrons. The fourth-order valence-corrected chi connectivity index (χ4v) is 2.15. The number of aromatic nitrogens is 1. The third-order valence-corrected chi connectivity index (χ3v) is 3.00. The molecule has 0 saturated carbocycles. The van der Waals surface area contributed by atoms with Crippen LogP contribution in [-0.2, 0) is 4.79 Å². The largest absolute Gasteiger partial charge is 0.295 e. The molecule has 0 atom stereocenters. The van der Waals surface area contributed by atoms with Gasteiger partial charge in [-0.25, -0.2) is 0 Å². The number of hydrogen-bond acceptors (Lipinski definition) is 3. The number of thioether (sulfide) groups is 1. The molecular formula is C8H7N2OS2+. The van der Waals surface area contributed by atoms with E-state index in [0.717, 1.165) is 0 Å². The molecule has 1 saturated heterocycles. The van der Waals surface area contributed by atoms with Crippen LogP contribution >= 0.6 is 24.0 Å².